The van der Waals surface area contributed by atoms with Crippen LogP contribution in [0.4, 0.5) is 5.00 Å². The molecule has 0 aliphatic heterocycles. The van der Waals surface area contributed by atoms with Gasteiger partial charge in [0.15, 0.2) is 0 Å². The Morgan fingerprint density at radius 2 is 1.77 bits per heavy atom. The third kappa shape index (κ3) is 5.38. The minimum absolute atomic E-state index is 0.0989. The van der Waals surface area contributed by atoms with Gasteiger partial charge in [-0.1, -0.05) is 41.9 Å². The van der Waals surface area contributed by atoms with Crippen LogP contribution in [0.5, 0.6) is 11.5 Å². The fourth-order valence-corrected chi connectivity index (χ4v) is 4.13. The SMILES string of the molecule is COCc1c(Cl)sc(NC(=O)Cc2cccc(Oc3ccccc3)c2)c1C(=O)OC. The van der Waals surface area contributed by atoms with Crippen molar-refractivity contribution in [1.82, 2.24) is 0 Å². The molecule has 0 atom stereocenters. The highest BCUT2D eigenvalue weighted by Gasteiger charge is 2.25. The molecule has 0 radical (unpaired) electrons. The van der Waals surface area contributed by atoms with Crippen molar-refractivity contribution in [2.75, 3.05) is 19.5 Å². The Morgan fingerprint density at radius 3 is 2.47 bits per heavy atom. The van der Waals surface area contributed by atoms with E-state index in [9.17, 15) is 9.59 Å². The van der Waals surface area contributed by atoms with Gasteiger partial charge < -0.3 is 19.5 Å². The van der Waals surface area contributed by atoms with Crippen molar-refractivity contribution in [3.05, 3.63) is 75.6 Å². The number of nitrogens with one attached hydrogen (secondary N) is 1. The second-order valence-corrected chi connectivity index (χ2v) is 7.89. The van der Waals surface area contributed by atoms with Gasteiger partial charge in [0.25, 0.3) is 0 Å². The lowest BCUT2D eigenvalue weighted by Crippen LogP contribution is -2.16. The number of ether oxygens (including phenoxy) is 3. The Bertz CT molecular complexity index is 1040. The molecule has 0 spiro atoms. The maximum atomic E-state index is 12.6. The van der Waals surface area contributed by atoms with Gasteiger partial charge in [0.1, 0.15) is 26.4 Å². The van der Waals surface area contributed by atoms with Gasteiger partial charge in [-0.2, -0.15) is 0 Å². The van der Waals surface area contributed by atoms with Crippen LogP contribution in [-0.4, -0.2) is 26.1 Å². The molecule has 0 aliphatic rings. The average molecular weight is 446 g/mol. The minimum atomic E-state index is -0.584. The standard InChI is InChI=1S/C22H20ClNO5S/c1-27-13-17-19(22(26)28-2)21(30-20(17)23)24-18(25)12-14-7-6-10-16(11-14)29-15-8-4-3-5-9-15/h3-11H,12-13H2,1-2H3,(H,24,25). The lowest BCUT2D eigenvalue weighted by molar-refractivity contribution is -0.115. The first-order valence-electron chi connectivity index (χ1n) is 9.02. The monoisotopic (exact) mass is 445 g/mol. The second kappa shape index (κ2) is 10.2. The first-order valence-corrected chi connectivity index (χ1v) is 10.2. The number of methoxy groups -OCH3 is 2. The zero-order chi connectivity index (χ0) is 21.5. The molecule has 1 aromatic heterocycles. The predicted molar refractivity (Wildman–Crippen MR) is 117 cm³/mol. The number of carbonyl (C=O) groups is 2. The third-order valence-electron chi connectivity index (χ3n) is 4.13. The third-order valence-corrected chi connectivity index (χ3v) is 5.53. The van der Waals surface area contributed by atoms with Crippen molar-refractivity contribution >= 4 is 39.8 Å². The molecular weight excluding hydrogens is 426 g/mol. The summed E-state index contributed by atoms with van der Waals surface area (Å²) in [6, 6.07) is 16.6. The molecule has 1 amide bonds. The highest BCUT2D eigenvalue weighted by molar-refractivity contribution is 7.20. The molecule has 0 saturated heterocycles. The number of esters is 1. The fraction of sp³-hybridized carbons (Fsp3) is 0.182. The summed E-state index contributed by atoms with van der Waals surface area (Å²) in [5.74, 6) is 0.460. The van der Waals surface area contributed by atoms with Crippen molar-refractivity contribution < 1.29 is 23.8 Å². The highest BCUT2D eigenvalue weighted by atomic mass is 35.5. The molecule has 0 aliphatic carbocycles. The summed E-state index contributed by atoms with van der Waals surface area (Å²) in [5, 5.41) is 3.09. The number of hydrogen-bond acceptors (Lipinski definition) is 6. The first kappa shape index (κ1) is 21.8. The quantitative estimate of drug-likeness (QED) is 0.476. The van der Waals surface area contributed by atoms with Crippen LogP contribution in [0.3, 0.4) is 0 Å². The molecule has 0 bridgehead atoms. The molecule has 0 fully saturated rings. The van der Waals surface area contributed by atoms with Gasteiger partial charge in [0.05, 0.1) is 20.1 Å². The number of carbonyl (C=O) groups excluding carboxylic acids is 2. The summed E-state index contributed by atoms with van der Waals surface area (Å²) in [5.41, 5.74) is 1.47. The van der Waals surface area contributed by atoms with E-state index in [0.717, 1.165) is 16.9 Å². The molecule has 8 heteroatoms. The van der Waals surface area contributed by atoms with Gasteiger partial charge in [-0.05, 0) is 29.8 Å². The maximum absolute atomic E-state index is 12.6. The molecule has 1 N–H and O–H groups in total. The molecule has 3 rings (SSSR count). The lowest BCUT2D eigenvalue weighted by Gasteiger charge is -2.09. The number of benzene rings is 2. The average Bonchev–Trinajstić information content (AvgIpc) is 3.03. The van der Waals surface area contributed by atoms with Crippen molar-refractivity contribution in [3.8, 4) is 11.5 Å². The Labute approximate surface area is 183 Å². The van der Waals surface area contributed by atoms with E-state index in [2.05, 4.69) is 5.32 Å². The number of halogens is 1. The number of thiophene rings is 1. The maximum Gasteiger partial charge on any atom is 0.341 e. The summed E-state index contributed by atoms with van der Waals surface area (Å²) in [6.45, 7) is 0.133. The van der Waals surface area contributed by atoms with Gasteiger partial charge in [0.2, 0.25) is 5.91 Å². The van der Waals surface area contributed by atoms with Gasteiger partial charge >= 0.3 is 5.97 Å². The molecule has 6 nitrogen and oxygen atoms in total. The first-order chi connectivity index (χ1) is 14.5. The summed E-state index contributed by atoms with van der Waals surface area (Å²) in [4.78, 5) is 24.8. The molecule has 156 valence electrons. The lowest BCUT2D eigenvalue weighted by atomic mass is 10.1. The van der Waals surface area contributed by atoms with Gasteiger partial charge in [-0.25, -0.2) is 4.79 Å². The fourth-order valence-electron chi connectivity index (χ4n) is 2.82. The van der Waals surface area contributed by atoms with Crippen molar-refractivity contribution in [1.29, 1.82) is 0 Å². The summed E-state index contributed by atoms with van der Waals surface area (Å²) in [7, 11) is 2.77. The second-order valence-electron chi connectivity index (χ2n) is 6.27. The largest absolute Gasteiger partial charge is 0.465 e. The molecule has 3 aromatic rings. The van der Waals surface area contributed by atoms with Gasteiger partial charge in [0, 0.05) is 12.7 Å². The number of hydrogen-bond donors (Lipinski definition) is 1. The zero-order valence-electron chi connectivity index (χ0n) is 16.4. The molecule has 1 heterocycles. The Balaban J connectivity index is 1.74. The van der Waals surface area contributed by atoms with E-state index in [0.29, 0.717) is 26.4 Å². The van der Waals surface area contributed by atoms with Crippen LogP contribution in [0.15, 0.2) is 54.6 Å². The predicted octanol–water partition coefficient (Wildman–Crippen LogP) is 5.31. The molecule has 2 aromatic carbocycles. The molecule has 0 saturated carbocycles. The van der Waals surface area contributed by atoms with Crippen LogP contribution >= 0.6 is 22.9 Å². The van der Waals surface area contributed by atoms with E-state index in [4.69, 9.17) is 25.8 Å². The van der Waals surface area contributed by atoms with Crippen molar-refractivity contribution in [2.24, 2.45) is 0 Å². The van der Waals surface area contributed by atoms with Gasteiger partial charge in [-0.15, -0.1) is 11.3 Å². The van der Waals surface area contributed by atoms with Gasteiger partial charge in [-0.3, -0.25) is 4.79 Å². The molecular formula is C22H20ClNO5S. The summed E-state index contributed by atoms with van der Waals surface area (Å²) < 4.78 is 16.1. The topological polar surface area (TPSA) is 73.9 Å². The van der Waals surface area contributed by atoms with Crippen LogP contribution in [-0.2, 0) is 27.3 Å². The van der Waals surface area contributed by atoms with E-state index in [1.54, 1.807) is 6.07 Å². The smallest absolute Gasteiger partial charge is 0.341 e. The van der Waals surface area contributed by atoms with E-state index < -0.39 is 5.97 Å². The van der Waals surface area contributed by atoms with E-state index in [1.165, 1.54) is 14.2 Å². The molecule has 30 heavy (non-hydrogen) atoms. The zero-order valence-corrected chi connectivity index (χ0v) is 18.0. The van der Waals surface area contributed by atoms with Crippen LogP contribution in [0.1, 0.15) is 21.5 Å². The van der Waals surface area contributed by atoms with Crippen molar-refractivity contribution in [2.45, 2.75) is 13.0 Å². The highest BCUT2D eigenvalue weighted by Crippen LogP contribution is 2.38. The normalized spacial score (nSPS) is 10.5. The molecule has 0 unspecified atom stereocenters. The Morgan fingerprint density at radius 1 is 1.03 bits per heavy atom. The number of para-hydroxylation sites is 1. The number of anilines is 1. The van der Waals surface area contributed by atoms with Crippen LogP contribution in [0, 0.1) is 0 Å². The summed E-state index contributed by atoms with van der Waals surface area (Å²) >= 11 is 7.33. The Kier molecular flexibility index (Phi) is 7.46. The van der Waals surface area contributed by atoms with Crippen LogP contribution in [0.25, 0.3) is 0 Å². The van der Waals surface area contributed by atoms with E-state index >= 15 is 0 Å². The van der Waals surface area contributed by atoms with Crippen LogP contribution < -0.4 is 10.1 Å². The number of amides is 1. The minimum Gasteiger partial charge on any atom is -0.465 e. The van der Waals surface area contributed by atoms with E-state index in [1.807, 2.05) is 48.5 Å². The van der Waals surface area contributed by atoms with Crippen LogP contribution in [0.2, 0.25) is 4.34 Å². The summed E-state index contributed by atoms with van der Waals surface area (Å²) in [6.07, 6.45) is 0.0989. The van der Waals surface area contributed by atoms with Crippen molar-refractivity contribution in [3.63, 3.8) is 0 Å². The Hall–Kier alpha value is -2.87. The van der Waals surface area contributed by atoms with E-state index in [-0.39, 0.29) is 24.5 Å². The number of rotatable bonds is 8.